The van der Waals surface area contributed by atoms with Crippen molar-refractivity contribution in [3.8, 4) is 0 Å². The maximum atomic E-state index is 6.01. The summed E-state index contributed by atoms with van der Waals surface area (Å²) in [6.45, 7) is 7.53. The fraction of sp³-hybridized carbons (Fsp3) is 0.667. The van der Waals surface area contributed by atoms with Gasteiger partial charge in [0.2, 0.25) is 0 Å². The largest absolute Gasteiger partial charge is 0.382 e. The van der Waals surface area contributed by atoms with Crippen LogP contribution in [0.2, 0.25) is 0 Å². The fourth-order valence-electron chi connectivity index (χ4n) is 2.88. The molecule has 23 heavy (non-hydrogen) atoms. The third-order valence-electron chi connectivity index (χ3n) is 4.19. The number of anilines is 1. The van der Waals surface area contributed by atoms with Gasteiger partial charge in [-0.1, -0.05) is 26.7 Å². The number of unbranched alkanes of at least 4 members (excludes halogenated alkanes) is 3. The predicted octanol–water partition coefficient (Wildman–Crippen LogP) is 4.59. The SMILES string of the molecule is CCCCSCCCCCn1c(CC)nc2c(N)ncc(C)c21. The third-order valence-corrected chi connectivity index (χ3v) is 5.34. The molecule has 2 aromatic heterocycles. The van der Waals surface area contributed by atoms with Gasteiger partial charge in [-0.15, -0.1) is 0 Å². The first-order chi connectivity index (χ1) is 11.2. The Kier molecular flexibility index (Phi) is 7.21. The number of thioether (sulfide) groups is 1. The highest BCUT2D eigenvalue weighted by atomic mass is 32.2. The molecule has 128 valence electrons. The van der Waals surface area contributed by atoms with Crippen LogP contribution in [0.5, 0.6) is 0 Å². The van der Waals surface area contributed by atoms with Gasteiger partial charge < -0.3 is 10.3 Å². The van der Waals surface area contributed by atoms with E-state index in [1.807, 2.05) is 6.20 Å². The Morgan fingerprint density at radius 3 is 2.65 bits per heavy atom. The van der Waals surface area contributed by atoms with Gasteiger partial charge in [0.15, 0.2) is 5.82 Å². The minimum absolute atomic E-state index is 0.548. The van der Waals surface area contributed by atoms with Crippen LogP contribution in [0.25, 0.3) is 11.0 Å². The number of hydrogen-bond donors (Lipinski definition) is 1. The molecule has 0 bridgehead atoms. The van der Waals surface area contributed by atoms with E-state index in [2.05, 4.69) is 42.1 Å². The fourth-order valence-corrected chi connectivity index (χ4v) is 3.98. The minimum atomic E-state index is 0.548. The predicted molar refractivity (Wildman–Crippen MR) is 102 cm³/mol. The van der Waals surface area contributed by atoms with Crippen LogP contribution in [0.15, 0.2) is 6.20 Å². The molecule has 0 aliphatic heterocycles. The lowest BCUT2D eigenvalue weighted by molar-refractivity contribution is 0.595. The van der Waals surface area contributed by atoms with E-state index in [0.717, 1.165) is 29.9 Å². The summed E-state index contributed by atoms with van der Waals surface area (Å²) in [6, 6.07) is 0. The van der Waals surface area contributed by atoms with Gasteiger partial charge in [-0.25, -0.2) is 9.97 Å². The van der Waals surface area contributed by atoms with Gasteiger partial charge in [0.1, 0.15) is 11.3 Å². The Bertz CT molecular complexity index is 621. The van der Waals surface area contributed by atoms with Crippen LogP contribution in [0.3, 0.4) is 0 Å². The van der Waals surface area contributed by atoms with Crippen molar-refractivity contribution >= 4 is 28.6 Å². The summed E-state index contributed by atoms with van der Waals surface area (Å²) in [6.07, 6.45) is 9.24. The first kappa shape index (κ1) is 18.1. The molecule has 4 nitrogen and oxygen atoms in total. The molecular formula is C18H30N4S. The van der Waals surface area contributed by atoms with E-state index in [4.69, 9.17) is 10.7 Å². The molecule has 0 radical (unpaired) electrons. The first-order valence-corrected chi connectivity index (χ1v) is 10.0. The van der Waals surface area contributed by atoms with Crippen LogP contribution < -0.4 is 5.73 Å². The molecule has 5 heteroatoms. The zero-order valence-electron chi connectivity index (χ0n) is 14.8. The third kappa shape index (κ3) is 4.63. The van der Waals surface area contributed by atoms with Crippen LogP contribution in [0.1, 0.15) is 57.3 Å². The normalized spacial score (nSPS) is 11.4. The summed E-state index contributed by atoms with van der Waals surface area (Å²) >= 11 is 2.10. The zero-order chi connectivity index (χ0) is 16.7. The molecule has 0 aliphatic carbocycles. The summed E-state index contributed by atoms with van der Waals surface area (Å²) in [5.74, 6) is 4.28. The molecular weight excluding hydrogens is 304 g/mol. The lowest BCUT2D eigenvalue weighted by Crippen LogP contribution is -2.04. The summed E-state index contributed by atoms with van der Waals surface area (Å²) < 4.78 is 2.35. The van der Waals surface area contributed by atoms with E-state index in [0.29, 0.717) is 5.82 Å². The van der Waals surface area contributed by atoms with E-state index < -0.39 is 0 Å². The number of nitrogens with two attached hydrogens (primary N) is 1. The van der Waals surface area contributed by atoms with E-state index in [-0.39, 0.29) is 0 Å². The highest BCUT2D eigenvalue weighted by Gasteiger charge is 2.14. The molecule has 0 saturated heterocycles. The number of aryl methyl sites for hydroxylation is 3. The molecule has 0 spiro atoms. The molecule has 2 heterocycles. The topological polar surface area (TPSA) is 56.7 Å². The number of hydrogen-bond acceptors (Lipinski definition) is 4. The number of fused-ring (bicyclic) bond motifs is 1. The number of nitrogen functional groups attached to an aromatic ring is 1. The second-order valence-electron chi connectivity index (χ2n) is 6.08. The van der Waals surface area contributed by atoms with Crippen molar-refractivity contribution in [3.05, 3.63) is 17.6 Å². The van der Waals surface area contributed by atoms with Crippen molar-refractivity contribution in [2.45, 2.75) is 65.8 Å². The Morgan fingerprint density at radius 1 is 1.13 bits per heavy atom. The maximum Gasteiger partial charge on any atom is 0.151 e. The average Bonchev–Trinajstić information content (AvgIpc) is 2.93. The van der Waals surface area contributed by atoms with Crippen LogP contribution in [-0.4, -0.2) is 26.0 Å². The van der Waals surface area contributed by atoms with Gasteiger partial charge in [-0.3, -0.25) is 0 Å². The summed E-state index contributed by atoms with van der Waals surface area (Å²) in [5, 5.41) is 0. The molecule has 2 rings (SSSR count). The number of imidazole rings is 1. The highest BCUT2D eigenvalue weighted by molar-refractivity contribution is 7.99. The van der Waals surface area contributed by atoms with Crippen molar-refractivity contribution in [1.82, 2.24) is 14.5 Å². The van der Waals surface area contributed by atoms with Crippen molar-refractivity contribution in [2.24, 2.45) is 0 Å². The van der Waals surface area contributed by atoms with E-state index in [1.54, 1.807) is 0 Å². The van der Waals surface area contributed by atoms with Crippen LogP contribution in [-0.2, 0) is 13.0 Å². The summed E-state index contributed by atoms with van der Waals surface area (Å²) in [7, 11) is 0. The average molecular weight is 335 g/mol. The molecule has 2 N–H and O–H groups in total. The molecule has 0 amide bonds. The molecule has 0 unspecified atom stereocenters. The second kappa shape index (κ2) is 9.16. The zero-order valence-corrected chi connectivity index (χ0v) is 15.6. The summed E-state index contributed by atoms with van der Waals surface area (Å²) in [5.41, 5.74) is 9.22. The van der Waals surface area contributed by atoms with Gasteiger partial charge in [-0.05, 0) is 43.3 Å². The van der Waals surface area contributed by atoms with Gasteiger partial charge in [-0.2, -0.15) is 11.8 Å². The van der Waals surface area contributed by atoms with Crippen molar-refractivity contribution in [2.75, 3.05) is 17.2 Å². The Labute approximate surface area is 144 Å². The van der Waals surface area contributed by atoms with Gasteiger partial charge >= 0.3 is 0 Å². The molecule has 0 fully saturated rings. The number of aromatic nitrogens is 3. The lowest BCUT2D eigenvalue weighted by atomic mass is 10.2. The van der Waals surface area contributed by atoms with Crippen LogP contribution in [0.4, 0.5) is 5.82 Å². The molecule has 0 aromatic carbocycles. The quantitative estimate of drug-likeness (QED) is 0.646. The van der Waals surface area contributed by atoms with Gasteiger partial charge in [0, 0.05) is 19.2 Å². The maximum absolute atomic E-state index is 6.01. The molecule has 0 aliphatic rings. The highest BCUT2D eigenvalue weighted by Crippen LogP contribution is 2.24. The minimum Gasteiger partial charge on any atom is -0.382 e. The Balaban J connectivity index is 1.93. The number of nitrogens with zero attached hydrogens (tertiary/aromatic N) is 3. The monoisotopic (exact) mass is 334 g/mol. The van der Waals surface area contributed by atoms with Gasteiger partial charge in [0.05, 0.1) is 5.52 Å². The molecule has 0 saturated carbocycles. The second-order valence-corrected chi connectivity index (χ2v) is 7.31. The smallest absolute Gasteiger partial charge is 0.151 e. The van der Waals surface area contributed by atoms with Crippen molar-refractivity contribution in [3.63, 3.8) is 0 Å². The van der Waals surface area contributed by atoms with E-state index in [1.165, 1.54) is 49.1 Å². The van der Waals surface area contributed by atoms with Crippen molar-refractivity contribution < 1.29 is 0 Å². The Hall–Kier alpha value is -1.23. The lowest BCUT2D eigenvalue weighted by Gasteiger charge is -2.10. The van der Waals surface area contributed by atoms with Crippen LogP contribution >= 0.6 is 11.8 Å². The number of pyridine rings is 1. The molecule has 2 aromatic rings. The summed E-state index contributed by atoms with van der Waals surface area (Å²) in [4.78, 5) is 8.95. The number of rotatable bonds is 10. The van der Waals surface area contributed by atoms with E-state index in [9.17, 15) is 0 Å². The van der Waals surface area contributed by atoms with Gasteiger partial charge in [0.25, 0.3) is 0 Å². The standard InChI is InChI=1S/C18H30N4S/c1-4-6-11-23-12-9-7-8-10-22-15(5-2)21-16-17(22)14(3)13-20-18(16)19/h13H,4-12H2,1-3H3,(H2,19,20). The molecule has 0 atom stereocenters. The van der Waals surface area contributed by atoms with E-state index >= 15 is 0 Å². The first-order valence-electron chi connectivity index (χ1n) is 8.86. The van der Waals surface area contributed by atoms with Crippen molar-refractivity contribution in [1.29, 1.82) is 0 Å². The Morgan fingerprint density at radius 2 is 1.91 bits per heavy atom. The van der Waals surface area contributed by atoms with Crippen LogP contribution in [0, 0.1) is 6.92 Å².